The molecule has 30 heavy (non-hydrogen) atoms. The molecule has 0 aliphatic rings. The maximum Gasteiger partial charge on any atom is 0.358 e. The van der Waals surface area contributed by atoms with Gasteiger partial charge in [0, 0.05) is 11.1 Å². The lowest BCUT2D eigenvalue weighted by atomic mass is 10.0. The van der Waals surface area contributed by atoms with E-state index in [9.17, 15) is 9.90 Å². The smallest absolute Gasteiger partial charge is 0.358 e. The van der Waals surface area contributed by atoms with Crippen molar-refractivity contribution in [2.45, 2.75) is 32.9 Å². The van der Waals surface area contributed by atoms with Crippen LogP contribution in [0.25, 0.3) is 11.4 Å². The van der Waals surface area contributed by atoms with Crippen LogP contribution >= 0.6 is 11.6 Å². The van der Waals surface area contributed by atoms with Crippen LogP contribution in [0.5, 0.6) is 5.75 Å². The SMILES string of the molecule is CCOC(=O)c1nc(-c2ccccc2OC)n(C(C)C)c1C(O)c1ccc(Cl)cc1. The number of ether oxygens (including phenoxy) is 2. The topological polar surface area (TPSA) is 73.6 Å². The van der Waals surface area contributed by atoms with Crippen molar-refractivity contribution in [3.05, 3.63) is 70.5 Å². The highest BCUT2D eigenvalue weighted by Crippen LogP contribution is 2.37. The van der Waals surface area contributed by atoms with Crippen LogP contribution in [-0.2, 0) is 4.74 Å². The molecule has 158 valence electrons. The first-order valence-corrected chi connectivity index (χ1v) is 10.1. The fraction of sp³-hybridized carbons (Fsp3) is 0.304. The standard InChI is InChI=1S/C23H25ClN2O4/c1-5-30-23(28)19-20(21(27)15-10-12-16(24)13-11-15)26(14(2)3)22(25-19)17-8-6-7-9-18(17)29-4/h6-14,21,27H,5H2,1-4H3. The largest absolute Gasteiger partial charge is 0.496 e. The van der Waals surface area contributed by atoms with E-state index in [4.69, 9.17) is 21.1 Å². The second-order valence-electron chi connectivity index (χ2n) is 7.01. The van der Waals surface area contributed by atoms with E-state index in [2.05, 4.69) is 4.98 Å². The Morgan fingerprint density at radius 1 is 1.17 bits per heavy atom. The summed E-state index contributed by atoms with van der Waals surface area (Å²) in [4.78, 5) is 17.4. The van der Waals surface area contributed by atoms with Crippen LogP contribution in [0.1, 0.15) is 54.7 Å². The van der Waals surface area contributed by atoms with Crippen molar-refractivity contribution < 1.29 is 19.4 Å². The molecule has 3 rings (SSSR count). The highest BCUT2D eigenvalue weighted by molar-refractivity contribution is 6.30. The molecule has 1 heterocycles. The van der Waals surface area contributed by atoms with Crippen LogP contribution in [0.2, 0.25) is 5.02 Å². The molecule has 0 aliphatic heterocycles. The number of aliphatic hydroxyl groups excluding tert-OH is 1. The van der Waals surface area contributed by atoms with E-state index in [1.54, 1.807) is 38.3 Å². The first-order chi connectivity index (χ1) is 14.4. The summed E-state index contributed by atoms with van der Waals surface area (Å²) >= 11 is 6.00. The molecule has 1 atom stereocenters. The van der Waals surface area contributed by atoms with Gasteiger partial charge in [0.2, 0.25) is 0 Å². The number of carbonyl (C=O) groups excluding carboxylic acids is 1. The second kappa shape index (κ2) is 9.32. The van der Waals surface area contributed by atoms with Crippen LogP contribution < -0.4 is 4.74 Å². The molecule has 7 heteroatoms. The summed E-state index contributed by atoms with van der Waals surface area (Å²) in [7, 11) is 1.58. The van der Waals surface area contributed by atoms with Gasteiger partial charge in [-0.1, -0.05) is 35.9 Å². The van der Waals surface area contributed by atoms with E-state index in [0.717, 1.165) is 0 Å². The number of methoxy groups -OCH3 is 1. The molecule has 0 aliphatic carbocycles. The summed E-state index contributed by atoms with van der Waals surface area (Å²) in [6, 6.07) is 14.2. The number of halogens is 1. The number of para-hydroxylation sites is 1. The van der Waals surface area contributed by atoms with Crippen molar-refractivity contribution in [1.82, 2.24) is 9.55 Å². The summed E-state index contributed by atoms with van der Waals surface area (Å²) in [5, 5.41) is 11.8. The number of benzene rings is 2. The minimum absolute atomic E-state index is 0.0777. The van der Waals surface area contributed by atoms with Crippen molar-refractivity contribution in [1.29, 1.82) is 0 Å². The molecule has 0 spiro atoms. The van der Waals surface area contributed by atoms with Gasteiger partial charge in [0.15, 0.2) is 5.69 Å². The lowest BCUT2D eigenvalue weighted by Crippen LogP contribution is -2.16. The predicted molar refractivity (Wildman–Crippen MR) is 116 cm³/mol. The molecule has 3 aromatic rings. The molecule has 0 saturated carbocycles. The van der Waals surface area contributed by atoms with Gasteiger partial charge in [-0.05, 0) is 50.6 Å². The van der Waals surface area contributed by atoms with E-state index in [-0.39, 0.29) is 18.3 Å². The second-order valence-corrected chi connectivity index (χ2v) is 7.44. The Morgan fingerprint density at radius 2 is 1.83 bits per heavy atom. The summed E-state index contributed by atoms with van der Waals surface area (Å²) in [5.41, 5.74) is 1.76. The van der Waals surface area contributed by atoms with Gasteiger partial charge >= 0.3 is 5.97 Å². The Bertz CT molecular complexity index is 1030. The number of carbonyl (C=O) groups is 1. The zero-order valence-corrected chi connectivity index (χ0v) is 18.2. The number of imidazole rings is 1. The van der Waals surface area contributed by atoms with E-state index in [1.165, 1.54) is 0 Å². The van der Waals surface area contributed by atoms with Gasteiger partial charge in [0.25, 0.3) is 0 Å². The third-order valence-corrected chi connectivity index (χ3v) is 4.98. The molecule has 1 aromatic heterocycles. The Kier molecular flexibility index (Phi) is 6.80. The zero-order chi connectivity index (χ0) is 21.8. The zero-order valence-electron chi connectivity index (χ0n) is 17.4. The van der Waals surface area contributed by atoms with Crippen LogP contribution in [0.3, 0.4) is 0 Å². The van der Waals surface area contributed by atoms with Gasteiger partial charge in [0.1, 0.15) is 17.7 Å². The van der Waals surface area contributed by atoms with Crippen molar-refractivity contribution in [3.63, 3.8) is 0 Å². The Morgan fingerprint density at radius 3 is 2.43 bits per heavy atom. The highest BCUT2D eigenvalue weighted by atomic mass is 35.5. The van der Waals surface area contributed by atoms with E-state index in [1.807, 2.05) is 42.7 Å². The van der Waals surface area contributed by atoms with Gasteiger partial charge < -0.3 is 19.1 Å². The van der Waals surface area contributed by atoms with Gasteiger partial charge in [-0.3, -0.25) is 0 Å². The average molecular weight is 429 g/mol. The average Bonchev–Trinajstić information content (AvgIpc) is 3.14. The molecular weight excluding hydrogens is 404 g/mol. The fourth-order valence-corrected chi connectivity index (χ4v) is 3.53. The van der Waals surface area contributed by atoms with Gasteiger partial charge in [-0.15, -0.1) is 0 Å². The summed E-state index contributed by atoms with van der Waals surface area (Å²) in [5.74, 6) is 0.553. The Balaban J connectivity index is 2.29. The molecule has 0 amide bonds. The molecule has 0 saturated heterocycles. The number of aliphatic hydroxyl groups is 1. The van der Waals surface area contributed by atoms with Gasteiger partial charge in [-0.25, -0.2) is 9.78 Å². The maximum absolute atomic E-state index is 12.8. The molecule has 6 nitrogen and oxygen atoms in total. The molecule has 0 fully saturated rings. The predicted octanol–water partition coefficient (Wildman–Crippen LogP) is 5.05. The number of hydrogen-bond acceptors (Lipinski definition) is 5. The number of rotatable bonds is 7. The van der Waals surface area contributed by atoms with Crippen molar-refractivity contribution in [2.24, 2.45) is 0 Å². The minimum Gasteiger partial charge on any atom is -0.496 e. The third kappa shape index (κ3) is 4.20. The van der Waals surface area contributed by atoms with Crippen molar-refractivity contribution in [3.8, 4) is 17.1 Å². The van der Waals surface area contributed by atoms with Crippen LogP contribution in [0.15, 0.2) is 48.5 Å². The monoisotopic (exact) mass is 428 g/mol. The van der Waals surface area contributed by atoms with Crippen LogP contribution in [0, 0.1) is 0 Å². The van der Waals surface area contributed by atoms with Crippen LogP contribution in [-0.4, -0.2) is 34.3 Å². The maximum atomic E-state index is 12.8. The van der Waals surface area contributed by atoms with Crippen molar-refractivity contribution >= 4 is 17.6 Å². The number of aromatic nitrogens is 2. The normalized spacial score (nSPS) is 12.1. The van der Waals surface area contributed by atoms with Crippen molar-refractivity contribution in [2.75, 3.05) is 13.7 Å². The number of hydrogen-bond donors (Lipinski definition) is 1. The minimum atomic E-state index is -1.10. The molecule has 1 unspecified atom stereocenters. The number of nitrogens with zero attached hydrogens (tertiary/aromatic N) is 2. The van der Waals surface area contributed by atoms with E-state index >= 15 is 0 Å². The fourth-order valence-electron chi connectivity index (χ4n) is 3.40. The molecule has 0 radical (unpaired) electrons. The summed E-state index contributed by atoms with van der Waals surface area (Å²) in [6.07, 6.45) is -1.10. The van der Waals surface area contributed by atoms with Crippen LogP contribution in [0.4, 0.5) is 0 Å². The number of esters is 1. The van der Waals surface area contributed by atoms with E-state index in [0.29, 0.717) is 33.4 Å². The first-order valence-electron chi connectivity index (χ1n) is 9.75. The molecule has 0 bridgehead atoms. The lowest BCUT2D eigenvalue weighted by Gasteiger charge is -2.21. The quantitative estimate of drug-likeness (QED) is 0.533. The molecule has 2 aromatic carbocycles. The third-order valence-electron chi connectivity index (χ3n) is 4.73. The van der Waals surface area contributed by atoms with Gasteiger partial charge in [0.05, 0.1) is 25.0 Å². The first kappa shape index (κ1) is 21.9. The molecule has 1 N–H and O–H groups in total. The highest BCUT2D eigenvalue weighted by Gasteiger charge is 2.31. The Hall–Kier alpha value is -2.83. The molecular formula is C23H25ClN2O4. The Labute approximate surface area is 181 Å². The summed E-state index contributed by atoms with van der Waals surface area (Å²) < 4.78 is 12.6. The lowest BCUT2D eigenvalue weighted by molar-refractivity contribution is 0.0513. The van der Waals surface area contributed by atoms with E-state index < -0.39 is 12.1 Å². The van der Waals surface area contributed by atoms with Gasteiger partial charge in [-0.2, -0.15) is 0 Å². The summed E-state index contributed by atoms with van der Waals surface area (Å²) in [6.45, 7) is 5.86.